The number of nitrogens with zero attached hydrogens (tertiary/aromatic N) is 3. The van der Waals surface area contributed by atoms with E-state index in [1.165, 1.54) is 0 Å². The molecular weight excluding hydrogens is 412 g/mol. The number of rotatable bonds is 3. The van der Waals surface area contributed by atoms with Crippen LogP contribution in [0.2, 0.25) is 0 Å². The van der Waals surface area contributed by atoms with Crippen molar-refractivity contribution in [1.29, 1.82) is 5.26 Å². The van der Waals surface area contributed by atoms with Gasteiger partial charge in [-0.05, 0) is 56.1 Å². The molecule has 2 aliphatic rings. The fourth-order valence-corrected chi connectivity index (χ4v) is 5.31. The van der Waals surface area contributed by atoms with Gasteiger partial charge in [-0.2, -0.15) is 22.1 Å². The molecule has 1 aromatic heterocycles. The van der Waals surface area contributed by atoms with Crippen molar-refractivity contribution >= 4 is 33.6 Å². The van der Waals surface area contributed by atoms with Gasteiger partial charge in [-0.3, -0.25) is 4.79 Å². The standard InChI is InChI=1S/C19H19BrN4OS/c20-13-4-3-5-14(10-13)24-16-7-2-1-6-15(16)17(23-24)18(25)22-19(11-21)8-9-26-12-19/h3-5,10H,1-2,6-9,12H2,(H,22,25). The summed E-state index contributed by atoms with van der Waals surface area (Å²) in [5.74, 6) is 1.32. The number of nitriles is 1. The van der Waals surface area contributed by atoms with Crippen LogP contribution in [0, 0.1) is 11.3 Å². The lowest BCUT2D eigenvalue weighted by molar-refractivity contribution is 0.0919. The molecule has 4 rings (SSSR count). The van der Waals surface area contributed by atoms with Gasteiger partial charge in [0, 0.05) is 21.5 Å². The van der Waals surface area contributed by atoms with E-state index < -0.39 is 5.54 Å². The highest BCUT2D eigenvalue weighted by Crippen LogP contribution is 2.30. The van der Waals surface area contributed by atoms with Crippen molar-refractivity contribution in [2.45, 2.75) is 37.6 Å². The highest BCUT2D eigenvalue weighted by atomic mass is 79.9. The van der Waals surface area contributed by atoms with E-state index in [-0.39, 0.29) is 5.91 Å². The molecule has 0 saturated carbocycles. The maximum atomic E-state index is 13.0. The normalized spacial score (nSPS) is 21.8. The van der Waals surface area contributed by atoms with Crippen LogP contribution in [-0.4, -0.2) is 32.7 Å². The molecule has 2 heterocycles. The second-order valence-electron chi connectivity index (χ2n) is 6.82. The Kier molecular flexibility index (Phi) is 4.80. The Morgan fingerprint density at radius 2 is 2.23 bits per heavy atom. The molecule has 0 radical (unpaired) electrons. The average Bonchev–Trinajstić information content (AvgIpc) is 3.27. The molecule has 1 aromatic carbocycles. The fraction of sp³-hybridized carbons (Fsp3) is 0.421. The SMILES string of the molecule is N#CC1(NC(=O)c2nn(-c3cccc(Br)c3)c3c2CCCC3)CCSC1. The topological polar surface area (TPSA) is 70.7 Å². The first-order chi connectivity index (χ1) is 12.6. The molecule has 2 aromatic rings. The predicted molar refractivity (Wildman–Crippen MR) is 106 cm³/mol. The number of amides is 1. The summed E-state index contributed by atoms with van der Waals surface area (Å²) >= 11 is 5.21. The monoisotopic (exact) mass is 430 g/mol. The molecule has 1 N–H and O–H groups in total. The molecule has 7 heteroatoms. The summed E-state index contributed by atoms with van der Waals surface area (Å²) < 4.78 is 2.88. The second kappa shape index (κ2) is 7.09. The van der Waals surface area contributed by atoms with Crippen molar-refractivity contribution in [2.75, 3.05) is 11.5 Å². The van der Waals surface area contributed by atoms with Crippen LogP contribution in [0.1, 0.15) is 41.0 Å². The van der Waals surface area contributed by atoms with Gasteiger partial charge in [0.1, 0.15) is 5.54 Å². The number of carbonyl (C=O) groups excluding carboxylic acids is 1. The van der Waals surface area contributed by atoms with Gasteiger partial charge in [-0.25, -0.2) is 4.68 Å². The van der Waals surface area contributed by atoms with Crippen molar-refractivity contribution in [3.63, 3.8) is 0 Å². The number of halogens is 1. The lowest BCUT2D eigenvalue weighted by Gasteiger charge is -2.21. The number of fused-ring (bicyclic) bond motifs is 1. The molecule has 5 nitrogen and oxygen atoms in total. The van der Waals surface area contributed by atoms with Crippen LogP contribution in [0.4, 0.5) is 0 Å². The number of aromatic nitrogens is 2. The molecular formula is C19H19BrN4OS. The summed E-state index contributed by atoms with van der Waals surface area (Å²) in [7, 11) is 0. The van der Waals surface area contributed by atoms with Crippen LogP contribution in [0.3, 0.4) is 0 Å². The predicted octanol–water partition coefficient (Wildman–Crippen LogP) is 3.64. The van der Waals surface area contributed by atoms with Crippen LogP contribution in [0.15, 0.2) is 28.7 Å². The van der Waals surface area contributed by atoms with Crippen LogP contribution in [0.5, 0.6) is 0 Å². The van der Waals surface area contributed by atoms with Crippen molar-refractivity contribution < 1.29 is 4.79 Å². The molecule has 1 amide bonds. The highest BCUT2D eigenvalue weighted by molar-refractivity contribution is 9.10. The first kappa shape index (κ1) is 17.6. The average molecular weight is 431 g/mol. The molecule has 1 saturated heterocycles. The summed E-state index contributed by atoms with van der Waals surface area (Å²) in [5.41, 5.74) is 2.82. The maximum Gasteiger partial charge on any atom is 0.273 e. The molecule has 1 unspecified atom stereocenters. The first-order valence-electron chi connectivity index (χ1n) is 8.80. The van der Waals surface area contributed by atoms with E-state index in [1.807, 2.05) is 28.9 Å². The Morgan fingerprint density at radius 3 is 2.96 bits per heavy atom. The van der Waals surface area contributed by atoms with Crippen LogP contribution >= 0.6 is 27.7 Å². The van der Waals surface area contributed by atoms with Gasteiger partial charge in [0.2, 0.25) is 0 Å². The fourth-order valence-electron chi connectivity index (χ4n) is 3.66. The lowest BCUT2D eigenvalue weighted by atomic mass is 9.94. The van der Waals surface area contributed by atoms with E-state index >= 15 is 0 Å². The number of hydrogen-bond acceptors (Lipinski definition) is 4. The van der Waals surface area contributed by atoms with Crippen molar-refractivity contribution in [3.8, 4) is 11.8 Å². The van der Waals surface area contributed by atoms with Crippen LogP contribution < -0.4 is 5.32 Å². The molecule has 0 spiro atoms. The Balaban J connectivity index is 1.73. The van der Waals surface area contributed by atoms with Crippen LogP contribution in [-0.2, 0) is 12.8 Å². The minimum absolute atomic E-state index is 0.221. The van der Waals surface area contributed by atoms with Crippen LogP contribution in [0.25, 0.3) is 5.69 Å². The molecule has 1 aliphatic heterocycles. The van der Waals surface area contributed by atoms with Crippen molar-refractivity contribution in [2.24, 2.45) is 0 Å². The van der Waals surface area contributed by atoms with Gasteiger partial charge in [0.25, 0.3) is 5.91 Å². The van der Waals surface area contributed by atoms with Gasteiger partial charge < -0.3 is 5.32 Å². The van der Waals surface area contributed by atoms with Gasteiger partial charge in [0.15, 0.2) is 5.69 Å². The third-order valence-electron chi connectivity index (χ3n) is 5.04. The summed E-state index contributed by atoms with van der Waals surface area (Å²) in [6.45, 7) is 0. The third-order valence-corrected chi connectivity index (χ3v) is 6.72. The smallest absolute Gasteiger partial charge is 0.273 e. The molecule has 134 valence electrons. The van der Waals surface area contributed by atoms with Gasteiger partial charge in [0.05, 0.1) is 11.8 Å². The minimum Gasteiger partial charge on any atom is -0.332 e. The van der Waals surface area contributed by atoms with E-state index in [2.05, 4.69) is 32.4 Å². The van der Waals surface area contributed by atoms with Crippen molar-refractivity contribution in [1.82, 2.24) is 15.1 Å². The van der Waals surface area contributed by atoms with E-state index in [4.69, 9.17) is 0 Å². The number of benzene rings is 1. The zero-order chi connectivity index (χ0) is 18.1. The summed E-state index contributed by atoms with van der Waals surface area (Å²) in [6, 6.07) is 10.3. The quantitative estimate of drug-likeness (QED) is 0.806. The Hall–Kier alpha value is -1.78. The van der Waals surface area contributed by atoms with Gasteiger partial charge >= 0.3 is 0 Å². The maximum absolute atomic E-state index is 13.0. The third kappa shape index (κ3) is 3.17. The van der Waals surface area contributed by atoms with Gasteiger partial charge in [-0.15, -0.1) is 0 Å². The van der Waals surface area contributed by atoms with E-state index in [0.29, 0.717) is 17.9 Å². The summed E-state index contributed by atoms with van der Waals surface area (Å²) in [4.78, 5) is 13.0. The van der Waals surface area contributed by atoms with E-state index in [0.717, 1.165) is 52.9 Å². The molecule has 1 fully saturated rings. The Bertz CT molecular complexity index is 895. The van der Waals surface area contributed by atoms with Crippen molar-refractivity contribution in [3.05, 3.63) is 45.7 Å². The summed E-state index contributed by atoms with van der Waals surface area (Å²) in [6.07, 6.45) is 4.64. The minimum atomic E-state index is -0.761. The second-order valence-corrected chi connectivity index (χ2v) is 8.84. The number of nitrogens with one attached hydrogen (secondary N) is 1. The number of hydrogen-bond donors (Lipinski definition) is 1. The first-order valence-corrected chi connectivity index (χ1v) is 10.7. The number of carbonyl (C=O) groups is 1. The molecule has 26 heavy (non-hydrogen) atoms. The highest BCUT2D eigenvalue weighted by Gasteiger charge is 2.38. The Labute approximate surface area is 165 Å². The lowest BCUT2D eigenvalue weighted by Crippen LogP contribution is -2.47. The van der Waals surface area contributed by atoms with Gasteiger partial charge in [-0.1, -0.05) is 22.0 Å². The molecule has 1 atom stereocenters. The van der Waals surface area contributed by atoms with E-state index in [1.54, 1.807) is 11.8 Å². The largest absolute Gasteiger partial charge is 0.332 e. The Morgan fingerprint density at radius 1 is 1.38 bits per heavy atom. The summed E-state index contributed by atoms with van der Waals surface area (Å²) in [5, 5.41) is 17.2. The van der Waals surface area contributed by atoms with E-state index in [9.17, 15) is 10.1 Å². The zero-order valence-corrected chi connectivity index (χ0v) is 16.7. The zero-order valence-electron chi connectivity index (χ0n) is 14.3. The molecule has 1 aliphatic carbocycles. The molecule has 0 bridgehead atoms. The number of thioether (sulfide) groups is 1.